The van der Waals surface area contributed by atoms with E-state index in [1.165, 1.54) is 10.8 Å². The van der Waals surface area contributed by atoms with Crippen molar-refractivity contribution in [1.29, 1.82) is 0 Å². The molecule has 1 atom stereocenters. The Kier molecular flexibility index (Phi) is 3.66. The number of amides is 1. The summed E-state index contributed by atoms with van der Waals surface area (Å²) < 4.78 is 3.13. The molecule has 4 heterocycles. The van der Waals surface area contributed by atoms with Crippen molar-refractivity contribution in [1.82, 2.24) is 29.6 Å². The first-order valence-corrected chi connectivity index (χ1v) is 8.91. The first-order valence-electron chi connectivity index (χ1n) is 8.91. The van der Waals surface area contributed by atoms with Crippen molar-refractivity contribution in [3.63, 3.8) is 0 Å². The standard InChI is InChI=1S/C19H15N7O3/c1-10-17-13(11-2-4-12(5-3-11)19(28)29)8-16(27)21-18(17)26(23-10)15-7-6-14-22-20-9-25(14)24-15/h2-7,9,13H,8H2,1H3,(H,21,27)(H,28,29)/t13-/m1/s1. The van der Waals surface area contributed by atoms with Crippen LogP contribution in [0.2, 0.25) is 0 Å². The number of hydrogen-bond acceptors (Lipinski definition) is 6. The number of carboxylic acid groups (broad SMARTS) is 1. The summed E-state index contributed by atoms with van der Waals surface area (Å²) in [5.41, 5.74) is 3.31. The number of carbonyl (C=O) groups is 2. The minimum atomic E-state index is -0.988. The fourth-order valence-electron chi connectivity index (χ4n) is 3.69. The zero-order valence-corrected chi connectivity index (χ0v) is 15.3. The van der Waals surface area contributed by atoms with Crippen LogP contribution in [0.4, 0.5) is 5.82 Å². The van der Waals surface area contributed by atoms with Gasteiger partial charge in [0.25, 0.3) is 0 Å². The minimum absolute atomic E-state index is 0.142. The van der Waals surface area contributed by atoms with Crippen LogP contribution in [-0.2, 0) is 4.79 Å². The quantitative estimate of drug-likeness (QED) is 0.547. The second-order valence-corrected chi connectivity index (χ2v) is 6.82. The van der Waals surface area contributed by atoms with Gasteiger partial charge in [-0.3, -0.25) is 4.79 Å². The second kappa shape index (κ2) is 6.23. The molecule has 4 aromatic rings. The lowest BCUT2D eigenvalue weighted by Gasteiger charge is -2.24. The molecule has 1 aliphatic rings. The van der Waals surface area contributed by atoms with Crippen molar-refractivity contribution in [2.24, 2.45) is 0 Å². The predicted octanol–water partition coefficient (Wildman–Crippen LogP) is 1.79. The fourth-order valence-corrected chi connectivity index (χ4v) is 3.69. The maximum absolute atomic E-state index is 12.5. The molecule has 0 radical (unpaired) electrons. The SMILES string of the molecule is Cc1nn(-c2ccc3nncn3n2)c2c1[C@@H](c1ccc(C(=O)O)cc1)CC(=O)N2. The van der Waals surface area contributed by atoms with Gasteiger partial charge >= 0.3 is 5.97 Å². The Morgan fingerprint density at radius 1 is 1.17 bits per heavy atom. The van der Waals surface area contributed by atoms with Gasteiger partial charge in [0.2, 0.25) is 5.91 Å². The Labute approximate surface area is 163 Å². The Bertz CT molecular complexity index is 1270. The van der Waals surface area contributed by atoms with E-state index in [2.05, 4.69) is 25.7 Å². The lowest BCUT2D eigenvalue weighted by Crippen LogP contribution is -2.25. The van der Waals surface area contributed by atoms with E-state index in [4.69, 9.17) is 5.11 Å². The number of fused-ring (bicyclic) bond motifs is 2. The average Bonchev–Trinajstić information content (AvgIpc) is 3.31. The molecule has 10 heteroatoms. The Morgan fingerprint density at radius 2 is 1.97 bits per heavy atom. The van der Waals surface area contributed by atoms with E-state index in [-0.39, 0.29) is 23.8 Å². The molecular weight excluding hydrogens is 374 g/mol. The van der Waals surface area contributed by atoms with Gasteiger partial charge in [-0.15, -0.1) is 15.3 Å². The second-order valence-electron chi connectivity index (χ2n) is 6.82. The van der Waals surface area contributed by atoms with Gasteiger partial charge in [0.15, 0.2) is 11.5 Å². The zero-order valence-electron chi connectivity index (χ0n) is 15.3. The van der Waals surface area contributed by atoms with Crippen LogP contribution in [0, 0.1) is 6.92 Å². The van der Waals surface area contributed by atoms with Crippen molar-refractivity contribution in [3.05, 3.63) is 65.1 Å². The first kappa shape index (κ1) is 17.0. The minimum Gasteiger partial charge on any atom is -0.478 e. The van der Waals surface area contributed by atoms with Gasteiger partial charge in [-0.1, -0.05) is 12.1 Å². The van der Waals surface area contributed by atoms with Crippen LogP contribution in [0.25, 0.3) is 11.5 Å². The molecule has 29 heavy (non-hydrogen) atoms. The monoisotopic (exact) mass is 389 g/mol. The van der Waals surface area contributed by atoms with Crippen LogP contribution in [0.5, 0.6) is 0 Å². The molecule has 0 spiro atoms. The van der Waals surface area contributed by atoms with Crippen molar-refractivity contribution in [2.75, 3.05) is 5.32 Å². The molecule has 1 amide bonds. The predicted molar refractivity (Wildman–Crippen MR) is 101 cm³/mol. The largest absolute Gasteiger partial charge is 0.478 e. The Balaban J connectivity index is 1.63. The molecular formula is C19H15N7O3. The van der Waals surface area contributed by atoms with E-state index in [1.54, 1.807) is 41.1 Å². The number of nitrogens with zero attached hydrogens (tertiary/aromatic N) is 6. The van der Waals surface area contributed by atoms with Gasteiger partial charge in [-0.2, -0.15) is 14.3 Å². The van der Waals surface area contributed by atoms with Crippen molar-refractivity contribution in [2.45, 2.75) is 19.3 Å². The summed E-state index contributed by atoms with van der Waals surface area (Å²) in [6.45, 7) is 1.88. The molecule has 2 N–H and O–H groups in total. The fraction of sp³-hybridized carbons (Fsp3) is 0.158. The van der Waals surface area contributed by atoms with Gasteiger partial charge in [0, 0.05) is 17.9 Å². The summed E-state index contributed by atoms with van der Waals surface area (Å²) in [5, 5.41) is 28.8. The third-order valence-electron chi connectivity index (χ3n) is 5.03. The number of hydrogen-bond donors (Lipinski definition) is 2. The highest BCUT2D eigenvalue weighted by molar-refractivity contribution is 5.95. The Hall–Kier alpha value is -4.08. The van der Waals surface area contributed by atoms with Gasteiger partial charge < -0.3 is 10.4 Å². The molecule has 0 saturated heterocycles. The molecule has 5 rings (SSSR count). The smallest absolute Gasteiger partial charge is 0.335 e. The van der Waals surface area contributed by atoms with E-state index in [0.717, 1.165) is 16.8 Å². The van der Waals surface area contributed by atoms with E-state index in [0.29, 0.717) is 17.3 Å². The van der Waals surface area contributed by atoms with Crippen LogP contribution in [0.1, 0.15) is 39.5 Å². The summed E-state index contributed by atoms with van der Waals surface area (Å²) in [7, 11) is 0. The van der Waals surface area contributed by atoms with E-state index in [9.17, 15) is 9.59 Å². The molecule has 144 valence electrons. The number of carboxylic acids is 1. The van der Waals surface area contributed by atoms with Gasteiger partial charge in [0.1, 0.15) is 12.1 Å². The number of anilines is 1. The number of benzene rings is 1. The molecule has 1 aliphatic heterocycles. The van der Waals surface area contributed by atoms with Crippen molar-refractivity contribution >= 4 is 23.3 Å². The summed E-state index contributed by atoms with van der Waals surface area (Å²) in [6, 6.07) is 10.1. The third-order valence-corrected chi connectivity index (χ3v) is 5.03. The number of rotatable bonds is 3. The van der Waals surface area contributed by atoms with Crippen LogP contribution in [-0.4, -0.2) is 46.6 Å². The summed E-state index contributed by atoms with van der Waals surface area (Å²) in [4.78, 5) is 23.6. The van der Waals surface area contributed by atoms with Crippen LogP contribution in [0.15, 0.2) is 42.7 Å². The highest BCUT2D eigenvalue weighted by Crippen LogP contribution is 2.40. The Morgan fingerprint density at radius 3 is 2.72 bits per heavy atom. The lowest BCUT2D eigenvalue weighted by atomic mass is 9.85. The van der Waals surface area contributed by atoms with Crippen molar-refractivity contribution in [3.8, 4) is 5.82 Å². The molecule has 10 nitrogen and oxygen atoms in total. The summed E-state index contributed by atoms with van der Waals surface area (Å²) in [6.07, 6.45) is 1.75. The van der Waals surface area contributed by atoms with Crippen molar-refractivity contribution < 1.29 is 14.7 Å². The van der Waals surface area contributed by atoms with Crippen LogP contribution >= 0.6 is 0 Å². The van der Waals surface area contributed by atoms with E-state index < -0.39 is 5.97 Å². The maximum Gasteiger partial charge on any atom is 0.335 e. The van der Waals surface area contributed by atoms with Gasteiger partial charge in [0.05, 0.1) is 11.3 Å². The molecule has 0 bridgehead atoms. The van der Waals surface area contributed by atoms with Gasteiger partial charge in [-0.25, -0.2) is 4.79 Å². The third kappa shape index (κ3) is 2.73. The highest BCUT2D eigenvalue weighted by atomic mass is 16.4. The molecule has 0 aliphatic carbocycles. The normalized spacial score (nSPS) is 15.9. The highest BCUT2D eigenvalue weighted by Gasteiger charge is 2.33. The number of aromatic carboxylic acids is 1. The van der Waals surface area contributed by atoms with Gasteiger partial charge in [-0.05, 0) is 36.8 Å². The number of aryl methyl sites for hydroxylation is 1. The zero-order chi connectivity index (χ0) is 20.1. The van der Waals surface area contributed by atoms with Crippen LogP contribution < -0.4 is 5.32 Å². The van der Waals surface area contributed by atoms with E-state index >= 15 is 0 Å². The molecule has 0 saturated carbocycles. The summed E-state index contributed by atoms with van der Waals surface area (Å²) >= 11 is 0. The maximum atomic E-state index is 12.5. The van der Waals surface area contributed by atoms with E-state index in [1.807, 2.05) is 6.92 Å². The number of nitrogens with one attached hydrogen (secondary N) is 1. The number of aromatic nitrogens is 6. The first-order chi connectivity index (χ1) is 14.0. The topological polar surface area (TPSA) is 127 Å². The molecule has 1 aromatic carbocycles. The van der Waals surface area contributed by atoms with Crippen LogP contribution in [0.3, 0.4) is 0 Å². The molecule has 0 unspecified atom stereocenters. The average molecular weight is 389 g/mol. The molecule has 0 fully saturated rings. The lowest BCUT2D eigenvalue weighted by molar-refractivity contribution is -0.116. The summed E-state index contributed by atoms with van der Waals surface area (Å²) in [5.74, 6) is -0.279. The number of carbonyl (C=O) groups excluding carboxylic acids is 1. The molecule has 3 aromatic heterocycles.